The van der Waals surface area contributed by atoms with E-state index in [4.69, 9.17) is 11.1 Å². The number of alkyl halides is 3. The summed E-state index contributed by atoms with van der Waals surface area (Å²) in [6, 6.07) is 0. The minimum atomic E-state index is -4.51. The molecule has 0 bridgehead atoms. The van der Waals surface area contributed by atoms with E-state index in [1.165, 1.54) is 11.3 Å². The molecule has 28 heavy (non-hydrogen) atoms. The van der Waals surface area contributed by atoms with Crippen LogP contribution in [0.1, 0.15) is 65.7 Å². The van der Waals surface area contributed by atoms with Gasteiger partial charge in [0.15, 0.2) is 0 Å². The Bertz CT molecular complexity index is 601. The van der Waals surface area contributed by atoms with Crippen molar-refractivity contribution in [1.82, 2.24) is 4.90 Å². The van der Waals surface area contributed by atoms with Crippen LogP contribution in [0.15, 0.2) is 4.99 Å². The second kappa shape index (κ2) is 8.82. The Kier molecular flexibility index (Phi) is 7.15. The van der Waals surface area contributed by atoms with E-state index in [1.807, 2.05) is 13.8 Å². The summed E-state index contributed by atoms with van der Waals surface area (Å²) in [5, 5.41) is 8.46. The molecular weight excluding hydrogens is 369 g/mol. The minimum absolute atomic E-state index is 0.0770. The third-order valence-electron chi connectivity index (χ3n) is 6.56. The van der Waals surface area contributed by atoms with Crippen LogP contribution < -0.4 is 5.73 Å². The molecule has 5 nitrogen and oxygen atoms in total. The van der Waals surface area contributed by atoms with E-state index < -0.39 is 23.4 Å². The number of amides is 1. The van der Waals surface area contributed by atoms with Crippen molar-refractivity contribution in [3.8, 4) is 0 Å². The molecule has 0 aromatic heterocycles. The van der Waals surface area contributed by atoms with Gasteiger partial charge in [-0.3, -0.25) is 10.2 Å². The molecule has 1 amide bonds. The maximum absolute atomic E-state index is 12.8. The van der Waals surface area contributed by atoms with Crippen LogP contribution in [0.4, 0.5) is 13.2 Å². The molecule has 1 aliphatic heterocycles. The zero-order chi connectivity index (χ0) is 21.1. The summed E-state index contributed by atoms with van der Waals surface area (Å²) < 4.78 is 38.4. The lowest BCUT2D eigenvalue weighted by atomic mass is 9.72. The molecule has 0 aromatic rings. The lowest BCUT2D eigenvalue weighted by molar-refractivity contribution is -0.186. The molecule has 1 aliphatic carbocycles. The van der Waals surface area contributed by atoms with Crippen molar-refractivity contribution in [2.24, 2.45) is 33.9 Å². The smallest absolute Gasteiger partial charge is 0.387 e. The number of carbonyl (C=O) groups excluding carboxylic acids is 1. The van der Waals surface area contributed by atoms with Gasteiger partial charge in [-0.05, 0) is 38.5 Å². The van der Waals surface area contributed by atoms with Crippen molar-refractivity contribution in [2.45, 2.75) is 71.9 Å². The summed E-state index contributed by atoms with van der Waals surface area (Å²) >= 11 is 0. The van der Waals surface area contributed by atoms with Gasteiger partial charge in [-0.1, -0.05) is 33.1 Å². The van der Waals surface area contributed by atoms with Gasteiger partial charge in [-0.25, -0.2) is 4.99 Å². The number of rotatable bonds is 4. The molecule has 1 saturated heterocycles. The van der Waals surface area contributed by atoms with Crippen LogP contribution >= 0.6 is 0 Å². The van der Waals surface area contributed by atoms with Crippen LogP contribution in [0.3, 0.4) is 0 Å². The lowest BCUT2D eigenvalue weighted by Crippen LogP contribution is -2.47. The normalized spacial score (nSPS) is 22.2. The summed E-state index contributed by atoms with van der Waals surface area (Å²) in [5.74, 6) is -1.76. The number of aliphatic imine (C=N–C) groups is 1. The molecule has 160 valence electrons. The van der Waals surface area contributed by atoms with Crippen molar-refractivity contribution >= 4 is 17.6 Å². The van der Waals surface area contributed by atoms with Gasteiger partial charge in [0.05, 0.1) is 0 Å². The number of piperidine rings is 1. The van der Waals surface area contributed by atoms with Crippen LogP contribution in [0, 0.1) is 28.6 Å². The monoisotopic (exact) mass is 402 g/mol. The number of nitrogens with two attached hydrogens (primary N) is 1. The third kappa shape index (κ3) is 5.26. The summed E-state index contributed by atoms with van der Waals surface area (Å²) in [6.45, 7) is 5.35. The Morgan fingerprint density at radius 3 is 2.14 bits per heavy atom. The zero-order valence-electron chi connectivity index (χ0n) is 17.1. The maximum Gasteiger partial charge on any atom is 0.400 e. The second-order valence-electron chi connectivity index (χ2n) is 8.80. The number of halogens is 3. The van der Waals surface area contributed by atoms with Crippen LogP contribution in [0.5, 0.6) is 0 Å². The first-order valence-electron chi connectivity index (χ1n) is 10.2. The Hall–Kier alpha value is -1.60. The third-order valence-corrected chi connectivity index (χ3v) is 6.56. The number of nitrogens with zero attached hydrogens (tertiary/aromatic N) is 2. The molecule has 1 heterocycles. The van der Waals surface area contributed by atoms with Gasteiger partial charge in [0.2, 0.25) is 5.91 Å². The zero-order valence-corrected chi connectivity index (χ0v) is 17.1. The first-order chi connectivity index (χ1) is 12.9. The predicted octanol–water partition coefficient (Wildman–Crippen LogP) is 4.36. The van der Waals surface area contributed by atoms with Crippen molar-refractivity contribution < 1.29 is 18.0 Å². The first kappa shape index (κ1) is 22.7. The molecule has 2 aliphatic rings. The van der Waals surface area contributed by atoms with Crippen molar-refractivity contribution in [1.29, 1.82) is 5.41 Å². The topological polar surface area (TPSA) is 82.5 Å². The molecule has 3 N–H and O–H groups in total. The van der Waals surface area contributed by atoms with E-state index in [9.17, 15) is 18.0 Å². The second-order valence-corrected chi connectivity index (χ2v) is 8.80. The van der Waals surface area contributed by atoms with Crippen molar-refractivity contribution in [2.75, 3.05) is 13.1 Å². The Morgan fingerprint density at radius 1 is 1.11 bits per heavy atom. The lowest BCUT2D eigenvalue weighted by Gasteiger charge is -2.40. The summed E-state index contributed by atoms with van der Waals surface area (Å²) in [7, 11) is 0. The van der Waals surface area contributed by atoms with Gasteiger partial charge in [0, 0.05) is 24.4 Å². The number of carbonyl (C=O) groups is 1. The Balaban J connectivity index is 1.96. The van der Waals surface area contributed by atoms with Crippen LogP contribution in [-0.4, -0.2) is 41.7 Å². The van der Waals surface area contributed by atoms with E-state index in [0.717, 1.165) is 32.6 Å². The molecule has 0 radical (unpaired) electrons. The van der Waals surface area contributed by atoms with E-state index in [-0.39, 0.29) is 30.8 Å². The van der Waals surface area contributed by atoms with E-state index in [1.54, 1.807) is 0 Å². The fourth-order valence-corrected chi connectivity index (χ4v) is 4.19. The number of nitrogens with one attached hydrogen (secondary N) is 1. The van der Waals surface area contributed by atoms with E-state index in [0.29, 0.717) is 18.7 Å². The molecule has 0 spiro atoms. The van der Waals surface area contributed by atoms with E-state index >= 15 is 0 Å². The van der Waals surface area contributed by atoms with Crippen LogP contribution in [0.25, 0.3) is 0 Å². The van der Waals surface area contributed by atoms with Gasteiger partial charge in [0.1, 0.15) is 17.6 Å². The number of hydrogen-bond acceptors (Lipinski definition) is 2. The molecule has 0 unspecified atom stereocenters. The standard InChI is InChI=1S/C20H33F3N4O/c1-13(20(21,22)23)17(28)27-11-9-15(10-12-27)19(2,3)18(25)26-16(24)14-7-5-4-6-8-14/h13-15H,4-12H2,1-3H3,(H3,24,25,26)/t13-/m0/s1. The fraction of sp³-hybridized carbons (Fsp3) is 0.850. The van der Waals surface area contributed by atoms with Gasteiger partial charge < -0.3 is 10.6 Å². The highest BCUT2D eigenvalue weighted by Crippen LogP contribution is 2.38. The Morgan fingerprint density at radius 2 is 1.64 bits per heavy atom. The number of likely N-dealkylation sites (tertiary alicyclic amines) is 1. The van der Waals surface area contributed by atoms with Crippen molar-refractivity contribution in [3.05, 3.63) is 0 Å². The number of hydrogen-bond donors (Lipinski definition) is 2. The highest BCUT2D eigenvalue weighted by Gasteiger charge is 2.44. The largest absolute Gasteiger partial charge is 0.400 e. The molecular formula is C20H33F3N4O. The first-order valence-corrected chi connectivity index (χ1v) is 10.2. The molecule has 1 atom stereocenters. The molecule has 2 fully saturated rings. The highest BCUT2D eigenvalue weighted by molar-refractivity contribution is 5.98. The summed E-state index contributed by atoms with van der Waals surface area (Å²) in [5.41, 5.74) is 5.62. The minimum Gasteiger partial charge on any atom is -0.387 e. The average molecular weight is 403 g/mol. The van der Waals surface area contributed by atoms with Gasteiger partial charge in [-0.2, -0.15) is 13.2 Å². The summed E-state index contributed by atoms with van der Waals surface area (Å²) in [6.07, 6.45) is 2.13. The SMILES string of the molecule is C[C@@H](C(=O)N1CCC(C(C)(C)C(=N)N=C(N)C2CCCCC2)CC1)C(F)(F)F. The average Bonchev–Trinajstić information content (AvgIpc) is 2.66. The van der Waals surface area contributed by atoms with Crippen LogP contribution in [0.2, 0.25) is 0 Å². The maximum atomic E-state index is 12.8. The fourth-order valence-electron chi connectivity index (χ4n) is 4.19. The van der Waals surface area contributed by atoms with Crippen molar-refractivity contribution in [3.63, 3.8) is 0 Å². The quantitative estimate of drug-likeness (QED) is 0.541. The van der Waals surface area contributed by atoms with Crippen LogP contribution in [-0.2, 0) is 4.79 Å². The van der Waals surface area contributed by atoms with Gasteiger partial charge in [-0.15, -0.1) is 0 Å². The predicted molar refractivity (Wildman–Crippen MR) is 104 cm³/mol. The molecule has 8 heteroatoms. The highest BCUT2D eigenvalue weighted by atomic mass is 19.4. The number of amidine groups is 2. The Labute approximate surface area is 165 Å². The molecule has 0 aromatic carbocycles. The molecule has 2 rings (SSSR count). The van der Waals surface area contributed by atoms with E-state index in [2.05, 4.69) is 4.99 Å². The molecule has 1 saturated carbocycles. The van der Waals surface area contributed by atoms with Gasteiger partial charge in [0.25, 0.3) is 0 Å². The summed E-state index contributed by atoms with van der Waals surface area (Å²) in [4.78, 5) is 17.8. The van der Waals surface area contributed by atoms with Gasteiger partial charge >= 0.3 is 6.18 Å².